The summed E-state index contributed by atoms with van der Waals surface area (Å²) in [7, 11) is 0. The van der Waals surface area contributed by atoms with E-state index in [1.807, 2.05) is 4.68 Å². The molecule has 0 aliphatic rings. The molecule has 4 heteroatoms. The molecule has 4 nitrogen and oxygen atoms in total. The van der Waals surface area contributed by atoms with E-state index in [4.69, 9.17) is 0 Å². The van der Waals surface area contributed by atoms with Gasteiger partial charge < -0.3 is 5.32 Å². The third-order valence-electron chi connectivity index (χ3n) is 2.88. The summed E-state index contributed by atoms with van der Waals surface area (Å²) >= 11 is 0. The average molecular weight is 210 g/mol. The highest BCUT2D eigenvalue weighted by Crippen LogP contribution is 2.09. The molecule has 0 aliphatic heterocycles. The first-order chi connectivity index (χ1) is 7.19. The van der Waals surface area contributed by atoms with Gasteiger partial charge in [-0.1, -0.05) is 13.8 Å². The van der Waals surface area contributed by atoms with Crippen molar-refractivity contribution < 1.29 is 0 Å². The van der Waals surface area contributed by atoms with Crippen molar-refractivity contribution in [2.24, 2.45) is 5.92 Å². The highest BCUT2D eigenvalue weighted by molar-refractivity contribution is 4.88. The van der Waals surface area contributed by atoms with Crippen LogP contribution in [0.2, 0.25) is 0 Å². The Morgan fingerprint density at radius 2 is 2.13 bits per heavy atom. The van der Waals surface area contributed by atoms with E-state index in [-0.39, 0.29) is 0 Å². The van der Waals surface area contributed by atoms with Gasteiger partial charge in [-0.2, -0.15) is 5.10 Å². The Morgan fingerprint density at radius 3 is 2.73 bits per heavy atom. The third-order valence-corrected chi connectivity index (χ3v) is 2.88. The van der Waals surface area contributed by atoms with E-state index in [0.29, 0.717) is 12.0 Å². The predicted molar refractivity (Wildman–Crippen MR) is 61.7 cm³/mol. The van der Waals surface area contributed by atoms with Crippen LogP contribution in [0.3, 0.4) is 0 Å². The Bertz CT molecular complexity index is 282. The van der Waals surface area contributed by atoms with Crippen LogP contribution in [0.4, 0.5) is 0 Å². The quantitative estimate of drug-likeness (QED) is 0.773. The Morgan fingerprint density at radius 1 is 1.40 bits per heavy atom. The number of aromatic nitrogens is 3. The van der Waals surface area contributed by atoms with Gasteiger partial charge in [-0.05, 0) is 26.3 Å². The molecule has 2 unspecified atom stereocenters. The van der Waals surface area contributed by atoms with Crippen LogP contribution in [-0.4, -0.2) is 27.4 Å². The van der Waals surface area contributed by atoms with Crippen LogP contribution in [0.1, 0.15) is 33.5 Å². The lowest BCUT2D eigenvalue weighted by molar-refractivity contribution is 0.392. The Kier molecular flexibility index (Phi) is 4.75. The average Bonchev–Trinajstić information content (AvgIpc) is 2.65. The Labute approximate surface area is 92.1 Å². The molecule has 1 aromatic rings. The zero-order chi connectivity index (χ0) is 11.3. The smallest absolute Gasteiger partial charge is 0.138 e. The molecule has 15 heavy (non-hydrogen) atoms. The van der Waals surface area contributed by atoms with Crippen molar-refractivity contribution in [3.8, 4) is 0 Å². The number of nitrogens with zero attached hydrogens (tertiary/aromatic N) is 3. The maximum atomic E-state index is 4.29. The van der Waals surface area contributed by atoms with Gasteiger partial charge in [-0.3, -0.25) is 4.68 Å². The van der Waals surface area contributed by atoms with Gasteiger partial charge in [0.2, 0.25) is 0 Å². The van der Waals surface area contributed by atoms with E-state index in [2.05, 4.69) is 43.1 Å². The molecule has 0 bridgehead atoms. The molecule has 0 aliphatic carbocycles. The lowest BCUT2D eigenvalue weighted by Crippen LogP contribution is -2.33. The van der Waals surface area contributed by atoms with Gasteiger partial charge in [0.1, 0.15) is 12.2 Å². The van der Waals surface area contributed by atoms with Crippen LogP contribution in [0.5, 0.6) is 0 Å². The number of hydrogen-bond donors (Lipinski definition) is 1. The highest BCUT2D eigenvalue weighted by Gasteiger charge is 2.14. The van der Waals surface area contributed by atoms with Crippen LogP contribution in [0.15, 0.2) is 6.33 Å². The van der Waals surface area contributed by atoms with Crippen molar-refractivity contribution in [2.45, 2.75) is 46.7 Å². The summed E-state index contributed by atoms with van der Waals surface area (Å²) in [5.74, 6) is 1.68. The van der Waals surface area contributed by atoms with Crippen LogP contribution >= 0.6 is 0 Å². The van der Waals surface area contributed by atoms with Gasteiger partial charge >= 0.3 is 0 Å². The van der Waals surface area contributed by atoms with Crippen molar-refractivity contribution in [1.82, 2.24) is 20.1 Å². The Hall–Kier alpha value is -0.900. The molecule has 86 valence electrons. The summed E-state index contributed by atoms with van der Waals surface area (Å²) in [4.78, 5) is 4.29. The second-order valence-electron chi connectivity index (χ2n) is 4.02. The zero-order valence-corrected chi connectivity index (χ0v) is 10.2. The molecular weight excluding hydrogens is 188 g/mol. The monoisotopic (exact) mass is 210 g/mol. The first-order valence-electron chi connectivity index (χ1n) is 5.79. The zero-order valence-electron chi connectivity index (χ0n) is 10.2. The van der Waals surface area contributed by atoms with Gasteiger partial charge in [0, 0.05) is 19.0 Å². The van der Waals surface area contributed by atoms with Gasteiger partial charge in [0.15, 0.2) is 0 Å². The van der Waals surface area contributed by atoms with Crippen molar-refractivity contribution >= 4 is 0 Å². The fraction of sp³-hybridized carbons (Fsp3) is 0.818. The standard InChI is InChI=1S/C11H22N4/c1-5-12-10(4)9(3)7-11-13-8-14-15(11)6-2/h8-10,12H,5-7H2,1-4H3. The maximum Gasteiger partial charge on any atom is 0.138 e. The van der Waals surface area contributed by atoms with Crippen LogP contribution in [-0.2, 0) is 13.0 Å². The normalized spacial score (nSPS) is 15.2. The molecule has 0 aromatic carbocycles. The van der Waals surface area contributed by atoms with E-state index in [9.17, 15) is 0 Å². The molecule has 0 radical (unpaired) electrons. The molecule has 0 saturated heterocycles. The molecule has 1 rings (SSSR count). The van der Waals surface area contributed by atoms with Crippen LogP contribution in [0, 0.1) is 5.92 Å². The highest BCUT2D eigenvalue weighted by atomic mass is 15.3. The van der Waals surface area contributed by atoms with Gasteiger partial charge in [0.25, 0.3) is 0 Å². The SMILES string of the molecule is CCNC(C)C(C)Cc1ncnn1CC. The summed E-state index contributed by atoms with van der Waals surface area (Å²) in [6.07, 6.45) is 2.63. The van der Waals surface area contributed by atoms with Crippen molar-refractivity contribution in [3.63, 3.8) is 0 Å². The van der Waals surface area contributed by atoms with E-state index in [1.54, 1.807) is 6.33 Å². The van der Waals surface area contributed by atoms with Gasteiger partial charge in [0.05, 0.1) is 0 Å². The van der Waals surface area contributed by atoms with E-state index < -0.39 is 0 Å². The minimum atomic E-state index is 0.525. The molecule has 0 fully saturated rings. The Balaban J connectivity index is 2.53. The maximum absolute atomic E-state index is 4.29. The predicted octanol–water partition coefficient (Wildman–Crippen LogP) is 1.47. The van der Waals surface area contributed by atoms with Gasteiger partial charge in [-0.25, -0.2) is 4.98 Å². The molecule has 2 atom stereocenters. The number of nitrogens with one attached hydrogen (secondary N) is 1. The number of rotatable bonds is 6. The lowest BCUT2D eigenvalue weighted by atomic mass is 9.99. The fourth-order valence-electron chi connectivity index (χ4n) is 1.70. The molecule has 0 saturated carbocycles. The first kappa shape index (κ1) is 12.2. The molecule has 1 aromatic heterocycles. The summed E-state index contributed by atoms with van der Waals surface area (Å²) in [5.41, 5.74) is 0. The number of aryl methyl sites for hydroxylation is 1. The minimum absolute atomic E-state index is 0.525. The molecule has 0 amide bonds. The van der Waals surface area contributed by atoms with Crippen molar-refractivity contribution in [2.75, 3.05) is 6.54 Å². The topological polar surface area (TPSA) is 42.7 Å². The second kappa shape index (κ2) is 5.85. The summed E-state index contributed by atoms with van der Waals surface area (Å²) in [6.45, 7) is 10.6. The third kappa shape index (κ3) is 3.30. The van der Waals surface area contributed by atoms with Crippen LogP contribution in [0.25, 0.3) is 0 Å². The largest absolute Gasteiger partial charge is 0.314 e. The summed E-state index contributed by atoms with van der Waals surface area (Å²) in [6, 6.07) is 0.525. The van der Waals surface area contributed by atoms with E-state index >= 15 is 0 Å². The lowest BCUT2D eigenvalue weighted by Gasteiger charge is -2.20. The summed E-state index contributed by atoms with van der Waals surface area (Å²) in [5, 5.41) is 7.62. The molecular formula is C11H22N4. The van der Waals surface area contributed by atoms with E-state index in [1.165, 1.54) is 0 Å². The fourth-order valence-corrected chi connectivity index (χ4v) is 1.70. The molecule has 1 heterocycles. The summed E-state index contributed by atoms with van der Waals surface area (Å²) < 4.78 is 1.97. The van der Waals surface area contributed by atoms with Crippen molar-refractivity contribution in [1.29, 1.82) is 0 Å². The van der Waals surface area contributed by atoms with Crippen molar-refractivity contribution in [3.05, 3.63) is 12.2 Å². The second-order valence-corrected chi connectivity index (χ2v) is 4.02. The molecule has 0 spiro atoms. The molecule has 1 N–H and O–H groups in total. The van der Waals surface area contributed by atoms with Gasteiger partial charge in [-0.15, -0.1) is 0 Å². The number of hydrogen-bond acceptors (Lipinski definition) is 3. The van der Waals surface area contributed by atoms with Crippen LogP contribution < -0.4 is 5.32 Å². The minimum Gasteiger partial charge on any atom is -0.314 e. The first-order valence-corrected chi connectivity index (χ1v) is 5.79. The van der Waals surface area contributed by atoms with E-state index in [0.717, 1.165) is 25.3 Å².